The molecule has 22 heavy (non-hydrogen) atoms. The number of nitrogens with zero attached hydrogens (tertiary/aromatic N) is 2. The number of nitrogens with one attached hydrogen (secondary N) is 1. The van der Waals surface area contributed by atoms with Crippen LogP contribution in [0.1, 0.15) is 27.4 Å². The maximum atomic E-state index is 12.2. The zero-order chi connectivity index (χ0) is 16.3. The van der Waals surface area contributed by atoms with Gasteiger partial charge in [0.15, 0.2) is 0 Å². The fraction of sp³-hybridized carbons (Fsp3) is 0.357. The maximum absolute atomic E-state index is 12.2. The fourth-order valence-corrected chi connectivity index (χ4v) is 2.67. The number of esters is 1. The van der Waals surface area contributed by atoms with Gasteiger partial charge in [0.05, 0.1) is 25.6 Å². The van der Waals surface area contributed by atoms with Gasteiger partial charge in [-0.25, -0.2) is 9.59 Å². The Hall–Kier alpha value is -2.35. The molecule has 0 bridgehead atoms. The fourth-order valence-electron chi connectivity index (χ4n) is 1.89. The molecule has 2 amide bonds. The van der Waals surface area contributed by atoms with Crippen molar-refractivity contribution < 1.29 is 18.7 Å². The van der Waals surface area contributed by atoms with E-state index < -0.39 is 5.97 Å². The van der Waals surface area contributed by atoms with Gasteiger partial charge in [0.25, 0.3) is 0 Å². The van der Waals surface area contributed by atoms with Crippen molar-refractivity contribution in [1.82, 2.24) is 9.27 Å². The smallest absolute Gasteiger partial charge is 0.342 e. The van der Waals surface area contributed by atoms with E-state index in [1.165, 1.54) is 12.0 Å². The number of rotatable bonds is 4. The first-order valence-corrected chi connectivity index (χ1v) is 7.31. The summed E-state index contributed by atoms with van der Waals surface area (Å²) in [6, 6.07) is 1.48. The van der Waals surface area contributed by atoms with E-state index in [4.69, 9.17) is 9.15 Å². The summed E-state index contributed by atoms with van der Waals surface area (Å²) in [7, 11) is 2.95. The molecule has 0 spiro atoms. The molecule has 8 heteroatoms. The van der Waals surface area contributed by atoms with Crippen LogP contribution in [0.3, 0.4) is 0 Å². The van der Waals surface area contributed by atoms with Crippen LogP contribution in [0.2, 0.25) is 0 Å². The van der Waals surface area contributed by atoms with Crippen LogP contribution < -0.4 is 5.32 Å². The third-order valence-corrected chi connectivity index (χ3v) is 4.05. The second-order valence-corrected chi connectivity index (χ2v) is 5.53. The summed E-state index contributed by atoms with van der Waals surface area (Å²) in [5.41, 5.74) is 1.74. The highest BCUT2D eigenvalue weighted by molar-refractivity contribution is 7.11. The number of carbonyl (C=O) groups excluding carboxylic acids is 2. The highest BCUT2D eigenvalue weighted by Gasteiger charge is 2.22. The Kier molecular flexibility index (Phi) is 4.81. The molecule has 0 saturated heterocycles. The largest absolute Gasteiger partial charge is 0.469 e. The SMILES string of the molecule is COC(=O)c1c(C)nsc1NC(=O)N(C)Cc1ccoc1C. The number of methoxy groups -OCH3 is 1. The average Bonchev–Trinajstić information content (AvgIpc) is 3.05. The molecule has 0 fully saturated rings. The third-order valence-electron chi connectivity index (χ3n) is 3.19. The lowest BCUT2D eigenvalue weighted by atomic mass is 10.2. The molecule has 2 rings (SSSR count). The molecule has 1 N–H and O–H groups in total. The van der Waals surface area contributed by atoms with Crippen LogP contribution in [-0.2, 0) is 11.3 Å². The Morgan fingerprint density at radius 3 is 2.77 bits per heavy atom. The Morgan fingerprint density at radius 2 is 2.18 bits per heavy atom. The molecule has 2 aromatic heterocycles. The van der Waals surface area contributed by atoms with E-state index in [1.54, 1.807) is 20.2 Å². The molecule has 0 unspecified atom stereocenters. The van der Waals surface area contributed by atoms with Crippen molar-refractivity contribution in [1.29, 1.82) is 0 Å². The highest BCUT2D eigenvalue weighted by atomic mass is 32.1. The molecule has 118 valence electrons. The lowest BCUT2D eigenvalue weighted by Gasteiger charge is -2.17. The van der Waals surface area contributed by atoms with Crippen molar-refractivity contribution in [2.75, 3.05) is 19.5 Å². The first kappa shape index (κ1) is 16.0. The predicted octanol–water partition coefficient (Wildman–Crippen LogP) is 2.80. The van der Waals surface area contributed by atoms with Crippen LogP contribution in [0.15, 0.2) is 16.7 Å². The molecule has 0 aliphatic heterocycles. The van der Waals surface area contributed by atoms with Gasteiger partial charge in [-0.1, -0.05) is 0 Å². The minimum Gasteiger partial charge on any atom is -0.469 e. The van der Waals surface area contributed by atoms with Gasteiger partial charge in [0.2, 0.25) is 0 Å². The number of urea groups is 1. The van der Waals surface area contributed by atoms with E-state index in [0.29, 0.717) is 17.2 Å². The van der Waals surface area contributed by atoms with Gasteiger partial charge in [0, 0.05) is 12.6 Å². The van der Waals surface area contributed by atoms with Crippen LogP contribution >= 0.6 is 11.5 Å². The van der Waals surface area contributed by atoms with E-state index >= 15 is 0 Å². The van der Waals surface area contributed by atoms with Crippen LogP contribution in [0.5, 0.6) is 0 Å². The average molecular weight is 323 g/mol. The summed E-state index contributed by atoms with van der Waals surface area (Å²) in [6.07, 6.45) is 1.58. The molecule has 2 heterocycles. The van der Waals surface area contributed by atoms with Gasteiger partial charge < -0.3 is 14.1 Å². The number of aromatic nitrogens is 1. The normalized spacial score (nSPS) is 10.4. The number of hydrogen-bond donors (Lipinski definition) is 1. The molecule has 0 atom stereocenters. The minimum absolute atomic E-state index is 0.286. The number of aryl methyl sites for hydroxylation is 2. The number of ether oxygens (including phenoxy) is 1. The molecule has 0 saturated carbocycles. The van der Waals surface area contributed by atoms with E-state index in [2.05, 4.69) is 9.69 Å². The third kappa shape index (κ3) is 3.28. The van der Waals surface area contributed by atoms with Crippen molar-refractivity contribution in [3.63, 3.8) is 0 Å². The summed E-state index contributed by atoms with van der Waals surface area (Å²) in [5.74, 6) is 0.249. The van der Waals surface area contributed by atoms with Crippen LogP contribution in [0.25, 0.3) is 0 Å². The lowest BCUT2D eigenvalue weighted by molar-refractivity contribution is 0.0601. The molecular formula is C14H17N3O4S. The molecular weight excluding hydrogens is 306 g/mol. The van der Waals surface area contributed by atoms with Gasteiger partial charge in [-0.2, -0.15) is 4.37 Å². The highest BCUT2D eigenvalue weighted by Crippen LogP contribution is 2.25. The monoisotopic (exact) mass is 323 g/mol. The first-order valence-electron chi connectivity index (χ1n) is 6.53. The summed E-state index contributed by atoms with van der Waals surface area (Å²) < 4.78 is 14.0. The molecule has 2 aromatic rings. The molecule has 7 nitrogen and oxygen atoms in total. The van der Waals surface area contributed by atoms with E-state index in [1.807, 2.05) is 13.0 Å². The first-order chi connectivity index (χ1) is 10.4. The van der Waals surface area contributed by atoms with E-state index in [-0.39, 0.29) is 11.6 Å². The lowest BCUT2D eigenvalue weighted by Crippen LogP contribution is -2.31. The van der Waals surface area contributed by atoms with E-state index in [0.717, 1.165) is 22.9 Å². The van der Waals surface area contributed by atoms with Gasteiger partial charge in [0.1, 0.15) is 16.3 Å². The minimum atomic E-state index is -0.519. The number of anilines is 1. The second-order valence-electron chi connectivity index (χ2n) is 4.75. The molecule has 0 radical (unpaired) electrons. The van der Waals surface area contributed by atoms with Crippen molar-refractivity contribution in [2.24, 2.45) is 0 Å². The van der Waals surface area contributed by atoms with E-state index in [9.17, 15) is 9.59 Å². The van der Waals surface area contributed by atoms with Gasteiger partial charge in [-0.3, -0.25) is 5.32 Å². The summed E-state index contributed by atoms with van der Waals surface area (Å²) in [4.78, 5) is 25.5. The number of amides is 2. The van der Waals surface area contributed by atoms with Gasteiger partial charge in [-0.05, 0) is 31.4 Å². The number of carbonyl (C=O) groups is 2. The number of hydrogen-bond acceptors (Lipinski definition) is 6. The Bertz CT molecular complexity index is 692. The summed E-state index contributed by atoms with van der Waals surface area (Å²) in [6.45, 7) is 3.93. The quantitative estimate of drug-likeness (QED) is 0.875. The molecule has 0 aliphatic carbocycles. The zero-order valence-electron chi connectivity index (χ0n) is 12.8. The Labute approximate surface area is 132 Å². The summed E-state index contributed by atoms with van der Waals surface area (Å²) >= 11 is 1.05. The van der Waals surface area contributed by atoms with Crippen molar-refractivity contribution in [3.05, 3.63) is 34.9 Å². The molecule has 0 aromatic carbocycles. The van der Waals surface area contributed by atoms with Gasteiger partial charge in [-0.15, -0.1) is 0 Å². The molecule has 0 aliphatic rings. The maximum Gasteiger partial charge on any atom is 0.342 e. The Balaban J connectivity index is 2.09. The van der Waals surface area contributed by atoms with Crippen molar-refractivity contribution in [3.8, 4) is 0 Å². The zero-order valence-corrected chi connectivity index (χ0v) is 13.6. The van der Waals surface area contributed by atoms with Gasteiger partial charge >= 0.3 is 12.0 Å². The Morgan fingerprint density at radius 1 is 1.45 bits per heavy atom. The van der Waals surface area contributed by atoms with Crippen LogP contribution in [0.4, 0.5) is 9.80 Å². The van der Waals surface area contributed by atoms with Crippen molar-refractivity contribution >= 4 is 28.5 Å². The predicted molar refractivity (Wildman–Crippen MR) is 82.1 cm³/mol. The van der Waals surface area contributed by atoms with Crippen LogP contribution in [-0.4, -0.2) is 35.4 Å². The second kappa shape index (κ2) is 6.61. The standard InChI is InChI=1S/C14H17N3O4S/c1-8-11(13(18)20-4)12(22-16-8)15-14(19)17(3)7-10-5-6-21-9(10)2/h5-6H,7H2,1-4H3,(H,15,19). The topological polar surface area (TPSA) is 84.7 Å². The van der Waals surface area contributed by atoms with Crippen molar-refractivity contribution in [2.45, 2.75) is 20.4 Å². The number of furan rings is 1. The van der Waals surface area contributed by atoms with Crippen LogP contribution in [0, 0.1) is 13.8 Å². The summed E-state index contributed by atoms with van der Waals surface area (Å²) in [5, 5.41) is 3.07.